The molecule has 0 radical (unpaired) electrons. The number of nitrogens with zero attached hydrogens (tertiary/aromatic N) is 1. The zero-order valence-corrected chi connectivity index (χ0v) is 17.1. The summed E-state index contributed by atoms with van der Waals surface area (Å²) in [5.41, 5.74) is 1.81. The molecule has 0 aliphatic carbocycles. The molecule has 2 aromatic carbocycles. The lowest BCUT2D eigenvalue weighted by Gasteiger charge is -2.27. The van der Waals surface area contributed by atoms with E-state index >= 15 is 0 Å². The van der Waals surface area contributed by atoms with Crippen LogP contribution in [-0.4, -0.2) is 46.3 Å². The molecule has 5 amide bonds. The summed E-state index contributed by atoms with van der Waals surface area (Å²) in [4.78, 5) is 73.7. The van der Waals surface area contributed by atoms with Gasteiger partial charge in [0.15, 0.2) is 5.78 Å². The molecular weight excluding hydrogens is 414 g/mol. The first-order valence-corrected chi connectivity index (χ1v) is 10.00. The summed E-state index contributed by atoms with van der Waals surface area (Å²) >= 11 is 0. The van der Waals surface area contributed by atoms with Crippen LogP contribution in [0.3, 0.4) is 0 Å². The predicted octanol–water partition coefficient (Wildman–Crippen LogP) is 1.22. The fourth-order valence-electron chi connectivity index (χ4n) is 3.77. The number of ketones is 1. The van der Waals surface area contributed by atoms with E-state index in [2.05, 4.69) is 10.6 Å². The molecule has 1 atom stereocenters. The van der Waals surface area contributed by atoms with Crippen molar-refractivity contribution in [2.24, 2.45) is 0 Å². The minimum atomic E-state index is -1.03. The SMILES string of the molecule is CC(=O)c1ccc(C(=O)NCc2ccc3c(c2)C(=O)N(C2CCC(=O)NC2=O)C3=O)cc1. The molecule has 0 aromatic heterocycles. The Morgan fingerprint density at radius 2 is 1.62 bits per heavy atom. The van der Waals surface area contributed by atoms with E-state index in [1.54, 1.807) is 30.3 Å². The number of imide groups is 2. The van der Waals surface area contributed by atoms with Gasteiger partial charge in [-0.25, -0.2) is 0 Å². The Kier molecular flexibility index (Phi) is 5.40. The summed E-state index contributed by atoms with van der Waals surface area (Å²) in [5.74, 6) is -2.74. The molecule has 162 valence electrons. The normalized spacial score (nSPS) is 17.8. The van der Waals surface area contributed by atoms with E-state index in [9.17, 15) is 28.8 Å². The molecule has 0 bridgehead atoms. The molecule has 0 spiro atoms. The maximum Gasteiger partial charge on any atom is 0.262 e. The number of piperidine rings is 1. The lowest BCUT2D eigenvalue weighted by Crippen LogP contribution is -2.54. The number of rotatable bonds is 5. The highest BCUT2D eigenvalue weighted by molar-refractivity contribution is 6.23. The van der Waals surface area contributed by atoms with Gasteiger partial charge < -0.3 is 5.32 Å². The molecule has 1 saturated heterocycles. The molecule has 2 heterocycles. The number of Topliss-reactive ketones (excluding diaryl/α,β-unsaturated/α-hetero) is 1. The minimum absolute atomic E-state index is 0.0501. The van der Waals surface area contributed by atoms with Gasteiger partial charge in [-0.3, -0.25) is 39.0 Å². The van der Waals surface area contributed by atoms with Crippen LogP contribution < -0.4 is 10.6 Å². The van der Waals surface area contributed by atoms with E-state index in [0.717, 1.165) is 4.90 Å². The van der Waals surface area contributed by atoms with Crippen molar-refractivity contribution in [2.75, 3.05) is 0 Å². The fourth-order valence-corrected chi connectivity index (χ4v) is 3.77. The molecule has 1 fully saturated rings. The van der Waals surface area contributed by atoms with E-state index in [-0.39, 0.29) is 42.2 Å². The Bertz CT molecular complexity index is 1180. The summed E-state index contributed by atoms with van der Waals surface area (Å²) in [6, 6.07) is 9.84. The van der Waals surface area contributed by atoms with Gasteiger partial charge in [0, 0.05) is 24.1 Å². The van der Waals surface area contributed by atoms with Crippen LogP contribution in [-0.2, 0) is 16.1 Å². The van der Waals surface area contributed by atoms with Gasteiger partial charge >= 0.3 is 0 Å². The third kappa shape index (κ3) is 3.80. The number of nitrogens with one attached hydrogen (secondary N) is 2. The van der Waals surface area contributed by atoms with Crippen molar-refractivity contribution in [3.05, 3.63) is 70.3 Å². The zero-order chi connectivity index (χ0) is 23.0. The predicted molar refractivity (Wildman–Crippen MR) is 111 cm³/mol. The van der Waals surface area contributed by atoms with Crippen LogP contribution in [0.25, 0.3) is 0 Å². The first-order valence-electron chi connectivity index (χ1n) is 10.00. The van der Waals surface area contributed by atoms with Gasteiger partial charge in [0.1, 0.15) is 6.04 Å². The van der Waals surface area contributed by atoms with Gasteiger partial charge in [-0.1, -0.05) is 18.2 Å². The second-order valence-electron chi connectivity index (χ2n) is 7.64. The Hall–Kier alpha value is -4.14. The standard InChI is InChI=1S/C23H19N3O6/c1-12(27)14-3-5-15(6-4-14)20(29)24-11-13-2-7-16-17(10-13)23(32)26(22(16)31)18-8-9-19(28)25-21(18)30/h2-7,10,18H,8-9,11H2,1H3,(H,24,29)(H,25,28,30). The monoisotopic (exact) mass is 433 g/mol. The van der Waals surface area contributed by atoms with Crippen LogP contribution in [0.2, 0.25) is 0 Å². The van der Waals surface area contributed by atoms with Crippen LogP contribution in [0.1, 0.15) is 66.8 Å². The van der Waals surface area contributed by atoms with Gasteiger partial charge in [0.25, 0.3) is 17.7 Å². The lowest BCUT2D eigenvalue weighted by atomic mass is 10.0. The quantitative estimate of drug-likeness (QED) is 0.539. The maximum atomic E-state index is 12.9. The second-order valence-corrected chi connectivity index (χ2v) is 7.64. The van der Waals surface area contributed by atoms with Gasteiger partial charge in [-0.15, -0.1) is 0 Å². The smallest absolute Gasteiger partial charge is 0.262 e. The van der Waals surface area contributed by atoms with Crippen molar-refractivity contribution in [1.82, 2.24) is 15.5 Å². The Labute approximate surface area is 182 Å². The van der Waals surface area contributed by atoms with E-state index in [4.69, 9.17) is 0 Å². The fraction of sp³-hybridized carbons (Fsp3) is 0.217. The minimum Gasteiger partial charge on any atom is -0.348 e. The topological polar surface area (TPSA) is 130 Å². The summed E-state index contributed by atoms with van der Waals surface area (Å²) < 4.78 is 0. The van der Waals surface area contributed by atoms with E-state index in [1.807, 2.05) is 0 Å². The molecule has 2 aliphatic rings. The van der Waals surface area contributed by atoms with E-state index < -0.39 is 29.7 Å². The summed E-state index contributed by atoms with van der Waals surface area (Å²) in [5, 5.41) is 4.89. The number of carbonyl (C=O) groups excluding carboxylic acids is 6. The van der Waals surface area contributed by atoms with Gasteiger partial charge in [-0.05, 0) is 43.2 Å². The number of hydrogen-bond donors (Lipinski definition) is 2. The molecule has 4 rings (SSSR count). The van der Waals surface area contributed by atoms with Crippen LogP contribution in [0.4, 0.5) is 0 Å². The van der Waals surface area contributed by atoms with Crippen LogP contribution >= 0.6 is 0 Å². The molecule has 32 heavy (non-hydrogen) atoms. The molecule has 0 saturated carbocycles. The molecule has 2 N–H and O–H groups in total. The Morgan fingerprint density at radius 1 is 0.969 bits per heavy atom. The maximum absolute atomic E-state index is 12.9. The summed E-state index contributed by atoms with van der Waals surface area (Å²) in [7, 11) is 0. The van der Waals surface area contributed by atoms with Gasteiger partial charge in [0.05, 0.1) is 11.1 Å². The second kappa shape index (κ2) is 8.18. The molecule has 2 aliphatic heterocycles. The highest BCUT2D eigenvalue weighted by Crippen LogP contribution is 2.28. The molecular formula is C23H19N3O6. The van der Waals surface area contributed by atoms with Crippen molar-refractivity contribution < 1.29 is 28.8 Å². The van der Waals surface area contributed by atoms with E-state index in [1.165, 1.54) is 19.1 Å². The third-order valence-electron chi connectivity index (χ3n) is 5.51. The van der Waals surface area contributed by atoms with Crippen molar-refractivity contribution in [1.29, 1.82) is 0 Å². The van der Waals surface area contributed by atoms with Crippen LogP contribution in [0.5, 0.6) is 0 Å². The summed E-state index contributed by atoms with van der Waals surface area (Å²) in [6.45, 7) is 1.55. The van der Waals surface area contributed by atoms with Crippen molar-refractivity contribution in [3.8, 4) is 0 Å². The van der Waals surface area contributed by atoms with Crippen LogP contribution in [0.15, 0.2) is 42.5 Å². The third-order valence-corrected chi connectivity index (χ3v) is 5.51. The number of carbonyl (C=O) groups is 6. The van der Waals surface area contributed by atoms with Gasteiger partial charge in [-0.2, -0.15) is 0 Å². The average molecular weight is 433 g/mol. The number of benzene rings is 2. The molecule has 9 nitrogen and oxygen atoms in total. The van der Waals surface area contributed by atoms with Crippen molar-refractivity contribution in [3.63, 3.8) is 0 Å². The van der Waals surface area contributed by atoms with E-state index in [0.29, 0.717) is 16.7 Å². The number of hydrogen-bond acceptors (Lipinski definition) is 6. The zero-order valence-electron chi connectivity index (χ0n) is 17.1. The molecule has 1 unspecified atom stereocenters. The van der Waals surface area contributed by atoms with Gasteiger partial charge in [0.2, 0.25) is 11.8 Å². The molecule has 9 heteroatoms. The Morgan fingerprint density at radius 3 is 2.28 bits per heavy atom. The van der Waals surface area contributed by atoms with Crippen molar-refractivity contribution in [2.45, 2.75) is 32.4 Å². The first-order chi connectivity index (χ1) is 15.3. The lowest BCUT2D eigenvalue weighted by molar-refractivity contribution is -0.136. The first kappa shape index (κ1) is 21.1. The highest BCUT2D eigenvalue weighted by Gasteiger charge is 2.44. The summed E-state index contributed by atoms with van der Waals surface area (Å²) in [6.07, 6.45) is 0.135. The highest BCUT2D eigenvalue weighted by atomic mass is 16.2. The van der Waals surface area contributed by atoms with Crippen LogP contribution in [0, 0.1) is 0 Å². The average Bonchev–Trinajstić information content (AvgIpc) is 3.02. The largest absolute Gasteiger partial charge is 0.348 e. The Balaban J connectivity index is 1.46. The number of amides is 5. The molecule has 2 aromatic rings. The number of fused-ring (bicyclic) bond motifs is 1. The van der Waals surface area contributed by atoms with Crippen molar-refractivity contribution >= 4 is 35.3 Å².